The molecule has 0 unspecified atom stereocenters. The van der Waals surface area contributed by atoms with Gasteiger partial charge in [0.2, 0.25) is 10.0 Å². The van der Waals surface area contributed by atoms with Crippen LogP contribution in [0.2, 0.25) is 0 Å². The maximum absolute atomic E-state index is 12.5. The molecular formula is C19H16N4O3S. The molecule has 3 aromatic heterocycles. The summed E-state index contributed by atoms with van der Waals surface area (Å²) in [5.74, 6) is 0. The Kier molecular flexibility index (Phi) is 4.57. The van der Waals surface area contributed by atoms with E-state index in [4.69, 9.17) is 4.42 Å². The summed E-state index contributed by atoms with van der Waals surface area (Å²) in [6.45, 7) is 0.155. The lowest BCUT2D eigenvalue weighted by Gasteiger charge is -2.08. The molecule has 136 valence electrons. The number of benzene rings is 1. The molecule has 0 spiro atoms. The second kappa shape index (κ2) is 7.18. The van der Waals surface area contributed by atoms with Crippen molar-refractivity contribution in [1.29, 1.82) is 0 Å². The third-order valence-corrected chi connectivity index (χ3v) is 5.44. The molecule has 4 aromatic rings. The summed E-state index contributed by atoms with van der Waals surface area (Å²) in [6, 6.07) is 13.8. The van der Waals surface area contributed by atoms with Gasteiger partial charge in [0.15, 0.2) is 0 Å². The highest BCUT2D eigenvalue weighted by atomic mass is 32.2. The minimum absolute atomic E-state index is 0.155. The van der Waals surface area contributed by atoms with Crippen molar-refractivity contribution in [3.8, 4) is 16.9 Å². The van der Waals surface area contributed by atoms with Gasteiger partial charge in [0.1, 0.15) is 0 Å². The van der Waals surface area contributed by atoms with Crippen molar-refractivity contribution < 1.29 is 12.8 Å². The summed E-state index contributed by atoms with van der Waals surface area (Å²) in [5, 5.41) is 4.12. The van der Waals surface area contributed by atoms with Crippen molar-refractivity contribution in [3.63, 3.8) is 0 Å². The fourth-order valence-electron chi connectivity index (χ4n) is 2.57. The van der Waals surface area contributed by atoms with Crippen LogP contribution in [0.25, 0.3) is 16.9 Å². The average Bonchev–Trinajstić information content (AvgIpc) is 3.41. The molecule has 27 heavy (non-hydrogen) atoms. The first kappa shape index (κ1) is 17.2. The van der Waals surface area contributed by atoms with Gasteiger partial charge in [-0.05, 0) is 48.0 Å². The van der Waals surface area contributed by atoms with Crippen LogP contribution in [0.15, 0.2) is 89.0 Å². The largest absolute Gasteiger partial charge is 0.472 e. The number of nitrogens with zero attached hydrogens (tertiary/aromatic N) is 3. The fourth-order valence-corrected chi connectivity index (χ4v) is 3.59. The Morgan fingerprint density at radius 2 is 1.93 bits per heavy atom. The summed E-state index contributed by atoms with van der Waals surface area (Å²) in [5.41, 5.74) is 3.20. The second-order valence-electron chi connectivity index (χ2n) is 5.83. The molecule has 0 bridgehead atoms. The number of pyridine rings is 1. The molecule has 0 aliphatic carbocycles. The third kappa shape index (κ3) is 3.81. The summed E-state index contributed by atoms with van der Waals surface area (Å²) < 4.78 is 34.3. The minimum atomic E-state index is -3.62. The van der Waals surface area contributed by atoms with Crippen molar-refractivity contribution in [3.05, 3.63) is 85.2 Å². The lowest BCUT2D eigenvalue weighted by atomic mass is 10.2. The first-order chi connectivity index (χ1) is 13.1. The zero-order valence-electron chi connectivity index (χ0n) is 14.2. The molecule has 1 N–H and O–H groups in total. The topological polar surface area (TPSA) is 90.0 Å². The first-order valence-electron chi connectivity index (χ1n) is 8.19. The van der Waals surface area contributed by atoms with Crippen LogP contribution < -0.4 is 4.72 Å². The number of nitrogens with one attached hydrogen (secondary N) is 1. The Morgan fingerprint density at radius 3 is 2.56 bits per heavy atom. The number of aromatic nitrogens is 3. The second-order valence-corrected chi connectivity index (χ2v) is 7.60. The van der Waals surface area contributed by atoms with Gasteiger partial charge in [-0.2, -0.15) is 5.10 Å². The van der Waals surface area contributed by atoms with Gasteiger partial charge in [-0.3, -0.25) is 4.98 Å². The fraction of sp³-hybridized carbons (Fsp3) is 0.0526. The van der Waals surface area contributed by atoms with Crippen molar-refractivity contribution in [2.75, 3.05) is 0 Å². The molecule has 1 aromatic carbocycles. The van der Waals surface area contributed by atoms with E-state index in [0.29, 0.717) is 0 Å². The summed E-state index contributed by atoms with van der Waals surface area (Å²) in [4.78, 5) is 4.53. The lowest BCUT2D eigenvalue weighted by Crippen LogP contribution is -2.23. The summed E-state index contributed by atoms with van der Waals surface area (Å²) in [6.07, 6.45) is 8.29. The Balaban J connectivity index is 1.44. The Labute approximate surface area is 156 Å². The van der Waals surface area contributed by atoms with E-state index in [0.717, 1.165) is 22.5 Å². The number of sulfonamides is 1. The molecule has 0 fully saturated rings. The predicted octanol–water partition coefficient (Wildman–Crippen LogP) is 3.01. The molecule has 0 aliphatic rings. The van der Waals surface area contributed by atoms with Crippen molar-refractivity contribution in [1.82, 2.24) is 19.5 Å². The van der Waals surface area contributed by atoms with Crippen LogP contribution in [0.5, 0.6) is 0 Å². The van der Waals surface area contributed by atoms with Gasteiger partial charge in [0.25, 0.3) is 0 Å². The van der Waals surface area contributed by atoms with Gasteiger partial charge < -0.3 is 4.42 Å². The quantitative estimate of drug-likeness (QED) is 0.555. The third-order valence-electron chi connectivity index (χ3n) is 4.02. The zero-order chi connectivity index (χ0) is 18.7. The van der Waals surface area contributed by atoms with E-state index in [2.05, 4.69) is 14.8 Å². The van der Waals surface area contributed by atoms with Crippen LogP contribution >= 0.6 is 0 Å². The number of furan rings is 1. The van der Waals surface area contributed by atoms with Gasteiger partial charge in [-0.1, -0.05) is 6.07 Å². The first-order valence-corrected chi connectivity index (χ1v) is 9.67. The average molecular weight is 380 g/mol. The summed E-state index contributed by atoms with van der Waals surface area (Å²) >= 11 is 0. The van der Waals surface area contributed by atoms with Gasteiger partial charge in [0.05, 0.1) is 28.8 Å². The van der Waals surface area contributed by atoms with E-state index in [1.807, 2.05) is 18.2 Å². The standard InChI is InChI=1S/C19H16N4O3S/c24-27(25,18-5-3-17(4-6-18)23-10-1-9-21-23)22-13-15-2-7-19(20-12-15)16-8-11-26-14-16/h1-12,14,22H,13H2. The van der Waals surface area contributed by atoms with Crippen molar-refractivity contribution in [2.24, 2.45) is 0 Å². The molecule has 0 radical (unpaired) electrons. The van der Waals surface area contributed by atoms with Crippen LogP contribution in [0.3, 0.4) is 0 Å². The van der Waals surface area contributed by atoms with Crippen molar-refractivity contribution in [2.45, 2.75) is 11.4 Å². The SMILES string of the molecule is O=S(=O)(NCc1ccc(-c2ccoc2)nc1)c1ccc(-n2cccn2)cc1. The van der Waals surface area contributed by atoms with E-state index in [1.165, 1.54) is 0 Å². The van der Waals surface area contributed by atoms with Gasteiger partial charge in [0, 0.05) is 30.7 Å². The predicted molar refractivity (Wildman–Crippen MR) is 99.5 cm³/mol. The highest BCUT2D eigenvalue weighted by Gasteiger charge is 2.14. The highest BCUT2D eigenvalue weighted by Crippen LogP contribution is 2.18. The van der Waals surface area contributed by atoms with Gasteiger partial charge in [-0.15, -0.1) is 0 Å². The van der Waals surface area contributed by atoms with E-state index in [1.54, 1.807) is 66.1 Å². The summed E-state index contributed by atoms with van der Waals surface area (Å²) in [7, 11) is -3.62. The molecular weight excluding hydrogens is 364 g/mol. The van der Waals surface area contributed by atoms with Crippen LogP contribution in [0.1, 0.15) is 5.56 Å². The van der Waals surface area contributed by atoms with Crippen molar-refractivity contribution >= 4 is 10.0 Å². The molecule has 8 heteroatoms. The van der Waals surface area contributed by atoms with Crippen LogP contribution in [-0.2, 0) is 16.6 Å². The Morgan fingerprint density at radius 1 is 1.07 bits per heavy atom. The van der Waals surface area contributed by atoms with Crippen LogP contribution in [0, 0.1) is 0 Å². The molecule has 0 saturated carbocycles. The number of hydrogen-bond acceptors (Lipinski definition) is 5. The minimum Gasteiger partial charge on any atom is -0.472 e. The van der Waals surface area contributed by atoms with E-state index in [-0.39, 0.29) is 11.4 Å². The van der Waals surface area contributed by atoms with E-state index in [9.17, 15) is 8.42 Å². The number of hydrogen-bond donors (Lipinski definition) is 1. The normalized spacial score (nSPS) is 11.6. The zero-order valence-corrected chi connectivity index (χ0v) is 15.0. The number of rotatable bonds is 6. The molecule has 4 rings (SSSR count). The van der Waals surface area contributed by atoms with E-state index < -0.39 is 10.0 Å². The molecule has 3 heterocycles. The molecule has 0 aliphatic heterocycles. The molecule has 0 atom stereocenters. The Hall–Kier alpha value is -3.23. The molecule has 0 saturated heterocycles. The highest BCUT2D eigenvalue weighted by molar-refractivity contribution is 7.89. The van der Waals surface area contributed by atoms with Crippen LogP contribution in [-0.4, -0.2) is 23.2 Å². The van der Waals surface area contributed by atoms with Gasteiger partial charge >= 0.3 is 0 Å². The monoisotopic (exact) mass is 380 g/mol. The maximum Gasteiger partial charge on any atom is 0.240 e. The smallest absolute Gasteiger partial charge is 0.240 e. The molecule has 7 nitrogen and oxygen atoms in total. The Bertz CT molecular complexity index is 1100. The van der Waals surface area contributed by atoms with Gasteiger partial charge in [-0.25, -0.2) is 17.8 Å². The van der Waals surface area contributed by atoms with E-state index >= 15 is 0 Å². The molecule has 0 amide bonds. The van der Waals surface area contributed by atoms with Crippen LogP contribution in [0.4, 0.5) is 0 Å². The lowest BCUT2D eigenvalue weighted by molar-refractivity contribution is 0.568. The maximum atomic E-state index is 12.5.